The molecule has 0 bridgehead atoms. The van der Waals surface area contributed by atoms with Crippen LogP contribution in [0.25, 0.3) is 10.6 Å². The Balaban J connectivity index is 1.66. The van der Waals surface area contributed by atoms with Crippen LogP contribution in [0.2, 0.25) is 0 Å². The zero-order valence-corrected chi connectivity index (χ0v) is 15.5. The van der Waals surface area contributed by atoms with Gasteiger partial charge in [0.1, 0.15) is 16.8 Å². The third-order valence-electron chi connectivity index (χ3n) is 4.14. The molecule has 1 aromatic carbocycles. The van der Waals surface area contributed by atoms with Gasteiger partial charge in [0.05, 0.1) is 7.11 Å². The molecule has 3 amide bonds. The van der Waals surface area contributed by atoms with Gasteiger partial charge in [-0.25, -0.2) is 4.79 Å². The number of aromatic nitrogens is 2. The van der Waals surface area contributed by atoms with E-state index in [0.29, 0.717) is 29.6 Å². The van der Waals surface area contributed by atoms with Crippen molar-refractivity contribution in [1.29, 1.82) is 0 Å². The number of urea groups is 1. The second-order valence-corrected chi connectivity index (χ2v) is 6.79. The summed E-state index contributed by atoms with van der Waals surface area (Å²) in [6.45, 7) is 2.97. The molecule has 1 aliphatic heterocycles. The van der Waals surface area contributed by atoms with Crippen LogP contribution >= 0.6 is 11.3 Å². The Morgan fingerprint density at radius 2 is 2.08 bits per heavy atom. The molecule has 0 saturated carbocycles. The topological polar surface area (TPSA) is 96.5 Å². The first-order valence-electron chi connectivity index (χ1n) is 8.45. The van der Waals surface area contributed by atoms with Gasteiger partial charge in [-0.3, -0.25) is 10.1 Å². The molecule has 2 N–H and O–H groups in total. The average Bonchev–Trinajstić information content (AvgIpc) is 3.31. The number of hydrogen-bond donors (Lipinski definition) is 2. The quantitative estimate of drug-likeness (QED) is 0.836. The average molecular weight is 375 g/mol. The number of nitrogens with one attached hydrogen (secondary N) is 2. The number of carbonyl (C=O) groups is 2. The lowest BCUT2D eigenvalue weighted by atomic mass is 10.2. The van der Waals surface area contributed by atoms with E-state index in [1.165, 1.54) is 11.3 Å². The van der Waals surface area contributed by atoms with E-state index in [-0.39, 0.29) is 11.9 Å². The highest BCUT2D eigenvalue weighted by Gasteiger charge is 2.34. The summed E-state index contributed by atoms with van der Waals surface area (Å²) in [5.41, 5.74) is 0.897. The zero-order valence-electron chi connectivity index (χ0n) is 14.7. The summed E-state index contributed by atoms with van der Waals surface area (Å²) in [5.74, 6) is 0.532. The van der Waals surface area contributed by atoms with Crippen molar-refractivity contribution in [2.24, 2.45) is 0 Å². The Morgan fingerprint density at radius 3 is 2.77 bits per heavy atom. The summed E-state index contributed by atoms with van der Waals surface area (Å²) in [5, 5.41) is 14.8. The fourth-order valence-electron chi connectivity index (χ4n) is 2.85. The first-order valence-corrected chi connectivity index (χ1v) is 9.27. The van der Waals surface area contributed by atoms with Crippen molar-refractivity contribution in [3.63, 3.8) is 0 Å². The third-order valence-corrected chi connectivity index (χ3v) is 5.02. The SMILES string of the molecule is CCNC(=O)N1CCCC1C(=O)Nc1nnc(-c2ccc(OC)cc2)s1. The van der Waals surface area contributed by atoms with Crippen molar-refractivity contribution in [2.45, 2.75) is 25.8 Å². The predicted molar refractivity (Wildman–Crippen MR) is 99.3 cm³/mol. The maximum Gasteiger partial charge on any atom is 0.318 e. The van der Waals surface area contributed by atoms with Crippen molar-refractivity contribution in [2.75, 3.05) is 25.5 Å². The van der Waals surface area contributed by atoms with Crippen molar-refractivity contribution in [1.82, 2.24) is 20.4 Å². The van der Waals surface area contributed by atoms with E-state index in [9.17, 15) is 9.59 Å². The highest BCUT2D eigenvalue weighted by atomic mass is 32.1. The van der Waals surface area contributed by atoms with Crippen molar-refractivity contribution in [3.8, 4) is 16.3 Å². The van der Waals surface area contributed by atoms with Gasteiger partial charge in [0.25, 0.3) is 0 Å². The lowest BCUT2D eigenvalue weighted by Crippen LogP contribution is -2.47. The van der Waals surface area contributed by atoms with E-state index < -0.39 is 6.04 Å². The maximum atomic E-state index is 12.6. The van der Waals surface area contributed by atoms with Crippen LogP contribution in [0.15, 0.2) is 24.3 Å². The first kappa shape index (κ1) is 18.1. The van der Waals surface area contributed by atoms with Crippen LogP contribution in [0.1, 0.15) is 19.8 Å². The Morgan fingerprint density at radius 1 is 1.31 bits per heavy atom. The number of hydrogen-bond acceptors (Lipinski definition) is 6. The number of carbonyl (C=O) groups excluding carboxylic acids is 2. The molecule has 1 aliphatic rings. The Hall–Kier alpha value is -2.68. The minimum Gasteiger partial charge on any atom is -0.497 e. The van der Waals surface area contributed by atoms with Gasteiger partial charge in [-0.1, -0.05) is 11.3 Å². The van der Waals surface area contributed by atoms with Gasteiger partial charge in [-0.05, 0) is 44.0 Å². The van der Waals surface area contributed by atoms with Crippen LogP contribution in [0.3, 0.4) is 0 Å². The van der Waals surface area contributed by atoms with Crippen molar-refractivity contribution in [3.05, 3.63) is 24.3 Å². The van der Waals surface area contributed by atoms with Crippen LogP contribution in [0.4, 0.5) is 9.93 Å². The van der Waals surface area contributed by atoms with Crippen LogP contribution in [0.5, 0.6) is 5.75 Å². The van der Waals surface area contributed by atoms with Crippen molar-refractivity contribution < 1.29 is 14.3 Å². The first-order chi connectivity index (χ1) is 12.6. The number of likely N-dealkylation sites (tertiary alicyclic amines) is 1. The second kappa shape index (κ2) is 8.13. The Kier molecular flexibility index (Phi) is 5.67. The van der Waals surface area contributed by atoms with Gasteiger partial charge >= 0.3 is 6.03 Å². The third kappa shape index (κ3) is 3.93. The molecule has 1 unspecified atom stereocenters. The molecule has 3 rings (SSSR count). The zero-order chi connectivity index (χ0) is 18.5. The summed E-state index contributed by atoms with van der Waals surface area (Å²) in [4.78, 5) is 26.2. The number of benzene rings is 1. The van der Waals surface area contributed by atoms with Crippen LogP contribution < -0.4 is 15.4 Å². The summed E-state index contributed by atoms with van der Waals surface area (Å²) in [6, 6.07) is 6.78. The lowest BCUT2D eigenvalue weighted by Gasteiger charge is -2.23. The molecule has 0 radical (unpaired) electrons. The minimum absolute atomic E-state index is 0.207. The summed E-state index contributed by atoms with van der Waals surface area (Å²) < 4.78 is 5.14. The smallest absolute Gasteiger partial charge is 0.318 e. The van der Waals surface area contributed by atoms with Gasteiger partial charge in [-0.15, -0.1) is 10.2 Å². The molecular weight excluding hydrogens is 354 g/mol. The molecule has 2 heterocycles. The molecule has 1 fully saturated rings. The molecule has 0 aliphatic carbocycles. The molecule has 1 atom stereocenters. The molecule has 2 aromatic rings. The number of ether oxygens (including phenoxy) is 1. The van der Waals surface area contributed by atoms with E-state index in [0.717, 1.165) is 17.7 Å². The summed E-state index contributed by atoms with van der Waals surface area (Å²) in [7, 11) is 1.61. The monoisotopic (exact) mass is 375 g/mol. The standard InChI is InChI=1S/C17H21N5O3S/c1-3-18-17(24)22-10-4-5-13(22)14(23)19-16-21-20-15(26-16)11-6-8-12(25-2)9-7-11/h6-9,13H,3-5,10H2,1-2H3,(H,18,24)(H,19,21,23). The molecule has 1 aromatic heterocycles. The molecule has 8 nitrogen and oxygen atoms in total. The molecular formula is C17H21N5O3S. The number of anilines is 1. The molecule has 26 heavy (non-hydrogen) atoms. The number of amides is 3. The van der Waals surface area contributed by atoms with E-state index in [4.69, 9.17) is 4.74 Å². The van der Waals surface area contributed by atoms with Gasteiger partial charge < -0.3 is 15.0 Å². The van der Waals surface area contributed by atoms with Gasteiger partial charge in [-0.2, -0.15) is 0 Å². The van der Waals surface area contributed by atoms with E-state index in [2.05, 4.69) is 20.8 Å². The van der Waals surface area contributed by atoms with E-state index in [1.807, 2.05) is 31.2 Å². The molecule has 0 spiro atoms. The van der Waals surface area contributed by atoms with Crippen LogP contribution in [-0.2, 0) is 4.79 Å². The lowest BCUT2D eigenvalue weighted by molar-refractivity contribution is -0.119. The highest BCUT2D eigenvalue weighted by molar-refractivity contribution is 7.18. The normalized spacial score (nSPS) is 16.4. The summed E-state index contributed by atoms with van der Waals surface area (Å²) >= 11 is 1.29. The highest BCUT2D eigenvalue weighted by Crippen LogP contribution is 2.28. The molecule has 1 saturated heterocycles. The molecule has 138 valence electrons. The predicted octanol–water partition coefficient (Wildman–Crippen LogP) is 2.35. The summed E-state index contributed by atoms with van der Waals surface area (Å²) in [6.07, 6.45) is 1.45. The van der Waals surface area contributed by atoms with Gasteiger partial charge in [0.15, 0.2) is 0 Å². The Labute approximate surface area is 155 Å². The van der Waals surface area contributed by atoms with Crippen molar-refractivity contribution >= 4 is 28.4 Å². The Bertz CT molecular complexity index is 777. The second-order valence-electron chi connectivity index (χ2n) is 5.82. The fraction of sp³-hybridized carbons (Fsp3) is 0.412. The molecule has 9 heteroatoms. The number of rotatable bonds is 5. The number of methoxy groups -OCH3 is 1. The largest absolute Gasteiger partial charge is 0.497 e. The number of nitrogens with zero attached hydrogens (tertiary/aromatic N) is 3. The minimum atomic E-state index is -0.477. The van der Waals surface area contributed by atoms with Gasteiger partial charge in [0, 0.05) is 18.7 Å². The van der Waals surface area contributed by atoms with Gasteiger partial charge in [0.2, 0.25) is 11.0 Å². The fourth-order valence-corrected chi connectivity index (χ4v) is 3.60. The van der Waals surface area contributed by atoms with Crippen LogP contribution in [0, 0.1) is 0 Å². The van der Waals surface area contributed by atoms with E-state index in [1.54, 1.807) is 12.0 Å². The van der Waals surface area contributed by atoms with E-state index >= 15 is 0 Å². The van der Waals surface area contributed by atoms with Crippen LogP contribution in [-0.4, -0.2) is 53.3 Å². The maximum absolute atomic E-state index is 12.6.